The van der Waals surface area contributed by atoms with Crippen molar-refractivity contribution in [3.05, 3.63) is 109 Å². The zero-order chi connectivity index (χ0) is 33.7. The number of amides is 1. The smallest absolute Gasteiger partial charge is 0.416 e. The van der Waals surface area contributed by atoms with E-state index in [1.807, 2.05) is 54.6 Å². The normalized spacial score (nSPS) is 12.8. The van der Waals surface area contributed by atoms with Gasteiger partial charge in [-0.15, -0.1) is 0 Å². The lowest BCUT2D eigenvalue weighted by atomic mass is 9.85. The summed E-state index contributed by atoms with van der Waals surface area (Å²) in [5, 5.41) is 10.2. The third-order valence-electron chi connectivity index (χ3n) is 6.97. The summed E-state index contributed by atoms with van der Waals surface area (Å²) in [7, 11) is -4.05. The van der Waals surface area contributed by atoms with E-state index in [2.05, 4.69) is 9.97 Å². The molecule has 1 atom stereocenters. The molecular weight excluding hydrogens is 604 g/mol. The van der Waals surface area contributed by atoms with Crippen LogP contribution < -0.4 is 4.90 Å². The molecule has 11 heteroatoms. The first kappa shape index (κ1) is 34.3. The molecule has 4 aromatic rings. The third-order valence-corrected chi connectivity index (χ3v) is 8.75. The van der Waals surface area contributed by atoms with Crippen molar-refractivity contribution >= 4 is 27.9 Å². The minimum absolute atomic E-state index is 0.0149. The molecule has 0 aliphatic rings. The number of carbonyl (C=O) groups is 2. The van der Waals surface area contributed by atoms with Gasteiger partial charge in [0, 0.05) is 18.9 Å². The Hall–Kier alpha value is -4.61. The first-order valence-corrected chi connectivity index (χ1v) is 16.3. The average Bonchev–Trinajstić information content (AvgIpc) is 2.99. The van der Waals surface area contributed by atoms with Crippen molar-refractivity contribution in [1.29, 1.82) is 0 Å². The van der Waals surface area contributed by atoms with Crippen LogP contribution in [0.4, 0.5) is 10.6 Å². The van der Waals surface area contributed by atoms with Gasteiger partial charge in [-0.05, 0) is 67.1 Å². The van der Waals surface area contributed by atoms with Crippen LogP contribution in [0.15, 0.2) is 102 Å². The largest absolute Gasteiger partial charge is 0.480 e. The Bertz CT molecular complexity index is 1750. The molecule has 1 N–H and O–H groups in total. The summed E-state index contributed by atoms with van der Waals surface area (Å²) in [6.07, 6.45) is 1.91. The summed E-state index contributed by atoms with van der Waals surface area (Å²) >= 11 is 0. The Morgan fingerprint density at radius 1 is 0.826 bits per heavy atom. The van der Waals surface area contributed by atoms with E-state index >= 15 is 0 Å². The SMILES string of the molecule is CC(C)(C)OC(=O)N(c1cccc(CN(Cc2ccc(-c3ccccc3)cc2)S(=O)(=O)c2cccnc2)n1)C(C(=O)O)C(C)(C)C. The van der Waals surface area contributed by atoms with Gasteiger partial charge in [0.1, 0.15) is 22.4 Å². The summed E-state index contributed by atoms with van der Waals surface area (Å²) in [5.41, 5.74) is 1.28. The van der Waals surface area contributed by atoms with Crippen molar-refractivity contribution in [3.8, 4) is 11.1 Å². The molecule has 0 saturated carbocycles. The highest BCUT2D eigenvalue weighted by Gasteiger charge is 2.42. The van der Waals surface area contributed by atoms with Crippen molar-refractivity contribution in [1.82, 2.24) is 14.3 Å². The summed E-state index contributed by atoms with van der Waals surface area (Å²) in [6.45, 7) is 10.0. The molecule has 0 spiro atoms. The lowest BCUT2D eigenvalue weighted by Crippen LogP contribution is -2.54. The number of rotatable bonds is 10. The molecule has 2 heterocycles. The van der Waals surface area contributed by atoms with Crippen molar-refractivity contribution in [2.45, 2.75) is 71.2 Å². The number of carboxylic acids is 1. The predicted molar refractivity (Wildman–Crippen MR) is 176 cm³/mol. The molecule has 46 heavy (non-hydrogen) atoms. The first-order chi connectivity index (χ1) is 21.6. The standard InChI is InChI=1S/C35H40N4O6S/c1-34(2,3)31(32(40)41)39(33(42)45-35(4,5)6)30-16-10-14-28(37-30)24-38(46(43,44)29-15-11-21-36-22-29)23-25-17-19-27(20-18-25)26-12-8-7-9-13-26/h7-22,31H,23-24H2,1-6H3,(H,40,41). The second kappa shape index (κ2) is 13.8. The molecular formula is C35H40N4O6S. The summed E-state index contributed by atoms with van der Waals surface area (Å²) < 4.78 is 34.8. The molecule has 0 fully saturated rings. The van der Waals surface area contributed by atoms with E-state index in [0.29, 0.717) is 5.69 Å². The Balaban J connectivity index is 1.74. The summed E-state index contributed by atoms with van der Waals surface area (Å²) in [4.78, 5) is 35.7. The second-order valence-corrected chi connectivity index (χ2v) is 14.9. The van der Waals surface area contributed by atoms with Crippen molar-refractivity contribution < 1.29 is 27.9 Å². The van der Waals surface area contributed by atoms with Crippen LogP contribution in [0.5, 0.6) is 0 Å². The lowest BCUT2D eigenvalue weighted by Gasteiger charge is -2.37. The Kier molecular flexibility index (Phi) is 10.3. The number of aliphatic carboxylic acids is 1. The van der Waals surface area contributed by atoms with Crippen LogP contribution in [0.3, 0.4) is 0 Å². The highest BCUT2D eigenvalue weighted by molar-refractivity contribution is 7.89. The van der Waals surface area contributed by atoms with Crippen LogP contribution in [0.1, 0.15) is 52.8 Å². The Morgan fingerprint density at radius 2 is 1.48 bits per heavy atom. The quantitative estimate of drug-likeness (QED) is 0.200. The molecule has 0 bridgehead atoms. The van der Waals surface area contributed by atoms with Crippen LogP contribution >= 0.6 is 0 Å². The zero-order valence-corrected chi connectivity index (χ0v) is 27.7. The van der Waals surface area contributed by atoms with Gasteiger partial charge in [-0.1, -0.05) is 81.4 Å². The van der Waals surface area contributed by atoms with Crippen LogP contribution in [0.2, 0.25) is 0 Å². The molecule has 0 aliphatic carbocycles. The van der Waals surface area contributed by atoms with Gasteiger partial charge in [-0.2, -0.15) is 4.31 Å². The number of hydrogen-bond acceptors (Lipinski definition) is 7. The molecule has 0 radical (unpaired) electrons. The maximum absolute atomic E-state index is 13.9. The highest BCUT2D eigenvalue weighted by atomic mass is 32.2. The number of carbonyl (C=O) groups excluding carboxylic acids is 1. The van der Waals surface area contributed by atoms with Crippen molar-refractivity contribution in [2.75, 3.05) is 4.90 Å². The fourth-order valence-electron chi connectivity index (χ4n) is 4.89. The number of ether oxygens (including phenoxy) is 1. The molecule has 1 unspecified atom stereocenters. The number of pyridine rings is 2. The average molecular weight is 645 g/mol. The molecule has 2 aromatic heterocycles. The minimum atomic E-state index is -4.05. The molecule has 0 aliphatic heterocycles. The van der Waals surface area contributed by atoms with Gasteiger partial charge in [0.15, 0.2) is 0 Å². The monoisotopic (exact) mass is 644 g/mol. The number of hydrogen-bond donors (Lipinski definition) is 1. The van der Waals surface area contributed by atoms with Crippen molar-refractivity contribution in [3.63, 3.8) is 0 Å². The summed E-state index contributed by atoms with van der Waals surface area (Å²) in [5.74, 6) is -1.20. The highest BCUT2D eigenvalue weighted by Crippen LogP contribution is 2.31. The maximum Gasteiger partial charge on any atom is 0.416 e. The number of carboxylic acid groups (broad SMARTS) is 1. The number of nitrogens with zero attached hydrogens (tertiary/aromatic N) is 4. The van der Waals surface area contributed by atoms with Gasteiger partial charge >= 0.3 is 12.1 Å². The molecule has 1 amide bonds. The van der Waals surface area contributed by atoms with Crippen molar-refractivity contribution in [2.24, 2.45) is 5.41 Å². The van der Waals surface area contributed by atoms with Gasteiger partial charge in [-0.3, -0.25) is 4.98 Å². The lowest BCUT2D eigenvalue weighted by molar-refractivity contribution is -0.141. The Morgan fingerprint density at radius 3 is 2.04 bits per heavy atom. The van der Waals surface area contributed by atoms with Gasteiger partial charge in [-0.25, -0.2) is 27.9 Å². The fourth-order valence-corrected chi connectivity index (χ4v) is 6.26. The first-order valence-electron chi connectivity index (χ1n) is 14.8. The topological polar surface area (TPSA) is 130 Å². The maximum atomic E-state index is 13.9. The van der Waals surface area contributed by atoms with Gasteiger partial charge < -0.3 is 9.84 Å². The summed E-state index contributed by atoms with van der Waals surface area (Å²) in [6, 6.07) is 23.9. The van der Waals surface area contributed by atoms with Gasteiger partial charge in [0.2, 0.25) is 10.0 Å². The van der Waals surface area contributed by atoms with Crippen LogP contribution in [0, 0.1) is 5.41 Å². The van der Waals surface area contributed by atoms with Gasteiger partial charge in [0.05, 0.1) is 12.2 Å². The van der Waals surface area contributed by atoms with Crippen LogP contribution in [0.25, 0.3) is 11.1 Å². The van der Waals surface area contributed by atoms with Crippen LogP contribution in [-0.4, -0.2) is 51.5 Å². The third kappa shape index (κ3) is 8.55. The number of anilines is 1. The van der Waals surface area contributed by atoms with E-state index in [0.717, 1.165) is 21.6 Å². The number of aromatic nitrogens is 2. The fraction of sp³-hybridized carbons (Fsp3) is 0.314. The molecule has 242 valence electrons. The molecule has 10 nitrogen and oxygen atoms in total. The van der Waals surface area contributed by atoms with E-state index in [-0.39, 0.29) is 23.8 Å². The van der Waals surface area contributed by atoms with E-state index in [9.17, 15) is 23.1 Å². The molecule has 0 saturated heterocycles. The van der Waals surface area contributed by atoms with E-state index in [1.54, 1.807) is 59.7 Å². The van der Waals surface area contributed by atoms with E-state index < -0.39 is 39.1 Å². The van der Waals surface area contributed by atoms with E-state index in [4.69, 9.17) is 4.74 Å². The van der Waals surface area contributed by atoms with Crippen LogP contribution in [-0.2, 0) is 32.6 Å². The Labute approximate surface area is 270 Å². The number of sulfonamides is 1. The second-order valence-electron chi connectivity index (χ2n) is 13.0. The minimum Gasteiger partial charge on any atom is -0.480 e. The zero-order valence-electron chi connectivity index (χ0n) is 26.9. The van der Waals surface area contributed by atoms with E-state index in [1.165, 1.54) is 28.8 Å². The van der Waals surface area contributed by atoms with Gasteiger partial charge in [0.25, 0.3) is 0 Å². The number of benzene rings is 2. The molecule has 4 rings (SSSR count). The predicted octanol–water partition coefficient (Wildman–Crippen LogP) is 6.78. The molecule has 2 aromatic carbocycles.